The minimum Gasteiger partial charge on any atom is -0.380 e. The molecule has 1 N–H and O–H groups in total. The largest absolute Gasteiger partial charge is 0.380 e. The van der Waals surface area contributed by atoms with E-state index in [-0.39, 0.29) is 0 Å². The molecule has 2 rings (SSSR count). The molecule has 0 aliphatic heterocycles. The predicted octanol–water partition coefficient (Wildman–Crippen LogP) is 4.79. The third-order valence-corrected chi connectivity index (χ3v) is 4.45. The van der Waals surface area contributed by atoms with Gasteiger partial charge in [0.05, 0.1) is 11.4 Å². The van der Waals surface area contributed by atoms with E-state index in [1.807, 2.05) is 6.07 Å². The fraction of sp³-hybridized carbons (Fsp3) is 0.625. The summed E-state index contributed by atoms with van der Waals surface area (Å²) in [6, 6.07) is 6.70. The quantitative estimate of drug-likeness (QED) is 0.853. The molecule has 1 aromatic carbocycles. The summed E-state index contributed by atoms with van der Waals surface area (Å²) in [7, 11) is 4.15. The second-order valence-corrected chi connectivity index (χ2v) is 6.20. The van der Waals surface area contributed by atoms with Crippen molar-refractivity contribution in [3.8, 4) is 0 Å². The van der Waals surface area contributed by atoms with Crippen molar-refractivity contribution in [2.75, 3.05) is 24.3 Å². The molecule has 2 unspecified atom stereocenters. The van der Waals surface area contributed by atoms with Gasteiger partial charge in [0.25, 0.3) is 0 Å². The predicted molar refractivity (Wildman–Crippen MR) is 85.4 cm³/mol. The summed E-state index contributed by atoms with van der Waals surface area (Å²) >= 11 is 6.15. The molecule has 1 fully saturated rings. The molecule has 3 heteroatoms. The molecule has 106 valence electrons. The van der Waals surface area contributed by atoms with Gasteiger partial charge in [-0.2, -0.15) is 0 Å². The van der Waals surface area contributed by atoms with E-state index in [4.69, 9.17) is 11.6 Å². The van der Waals surface area contributed by atoms with Gasteiger partial charge in [-0.15, -0.1) is 0 Å². The molecule has 0 saturated heterocycles. The molecule has 1 aromatic rings. The molecule has 1 aliphatic rings. The number of hydrogen-bond donors (Lipinski definition) is 1. The maximum absolute atomic E-state index is 6.15. The lowest BCUT2D eigenvalue weighted by molar-refractivity contribution is 0.317. The summed E-state index contributed by atoms with van der Waals surface area (Å²) in [6.45, 7) is 2.30. The van der Waals surface area contributed by atoms with Crippen LogP contribution in [-0.4, -0.2) is 20.1 Å². The monoisotopic (exact) mass is 280 g/mol. The van der Waals surface area contributed by atoms with Crippen LogP contribution in [0.5, 0.6) is 0 Å². The summed E-state index contributed by atoms with van der Waals surface area (Å²) in [5, 5.41) is 4.55. The highest BCUT2D eigenvalue weighted by molar-refractivity contribution is 6.31. The van der Waals surface area contributed by atoms with Crippen LogP contribution < -0.4 is 10.2 Å². The maximum Gasteiger partial charge on any atom is 0.0597 e. The van der Waals surface area contributed by atoms with Gasteiger partial charge in [-0.1, -0.05) is 37.8 Å². The second kappa shape index (κ2) is 6.51. The number of nitrogens with zero attached hydrogens (tertiary/aromatic N) is 1. The zero-order valence-electron chi connectivity index (χ0n) is 12.2. The van der Waals surface area contributed by atoms with Crippen LogP contribution in [0.2, 0.25) is 5.02 Å². The Bertz CT molecular complexity index is 417. The van der Waals surface area contributed by atoms with Gasteiger partial charge in [0.2, 0.25) is 0 Å². The van der Waals surface area contributed by atoms with Gasteiger partial charge in [0.1, 0.15) is 0 Å². The highest BCUT2D eigenvalue weighted by atomic mass is 35.5. The van der Waals surface area contributed by atoms with E-state index in [1.54, 1.807) is 0 Å². The molecule has 2 atom stereocenters. The van der Waals surface area contributed by atoms with E-state index < -0.39 is 0 Å². The van der Waals surface area contributed by atoms with Crippen molar-refractivity contribution in [3.63, 3.8) is 0 Å². The lowest BCUT2D eigenvalue weighted by Gasteiger charge is -2.33. The summed E-state index contributed by atoms with van der Waals surface area (Å²) < 4.78 is 0. The lowest BCUT2D eigenvalue weighted by atomic mass is 9.83. The van der Waals surface area contributed by atoms with Crippen LogP contribution in [0.25, 0.3) is 0 Å². The van der Waals surface area contributed by atoms with Gasteiger partial charge >= 0.3 is 0 Å². The minimum atomic E-state index is 0.593. The van der Waals surface area contributed by atoms with Gasteiger partial charge in [0.15, 0.2) is 0 Å². The Balaban J connectivity index is 2.19. The first-order valence-electron chi connectivity index (χ1n) is 7.35. The van der Waals surface area contributed by atoms with E-state index in [1.165, 1.54) is 43.5 Å². The van der Waals surface area contributed by atoms with Gasteiger partial charge in [-0.05, 0) is 37.0 Å². The Hall–Kier alpha value is -0.890. The smallest absolute Gasteiger partial charge is 0.0597 e. The summed E-state index contributed by atoms with van der Waals surface area (Å²) in [5.74, 6) is 0.794. The second-order valence-electron chi connectivity index (χ2n) is 5.76. The van der Waals surface area contributed by atoms with Crippen LogP contribution in [0.4, 0.5) is 11.4 Å². The first-order chi connectivity index (χ1) is 9.11. The van der Waals surface area contributed by atoms with Gasteiger partial charge in [0, 0.05) is 25.2 Å². The average molecular weight is 281 g/mol. The fourth-order valence-corrected chi connectivity index (χ4v) is 3.27. The lowest BCUT2D eigenvalue weighted by Crippen LogP contribution is -2.32. The van der Waals surface area contributed by atoms with Crippen LogP contribution in [0.3, 0.4) is 0 Å². The Morgan fingerprint density at radius 2 is 2.00 bits per heavy atom. The molecule has 0 radical (unpaired) electrons. The Labute approximate surface area is 122 Å². The molecule has 0 amide bonds. The summed E-state index contributed by atoms with van der Waals surface area (Å²) in [6.07, 6.45) is 6.61. The van der Waals surface area contributed by atoms with Gasteiger partial charge in [-0.3, -0.25) is 0 Å². The number of hydrogen-bond acceptors (Lipinski definition) is 2. The highest BCUT2D eigenvalue weighted by Gasteiger charge is 2.24. The van der Waals surface area contributed by atoms with Crippen LogP contribution in [-0.2, 0) is 0 Å². The molecule has 0 spiro atoms. The van der Waals surface area contributed by atoms with E-state index in [0.717, 1.165) is 10.9 Å². The minimum absolute atomic E-state index is 0.593. The number of nitrogens with one attached hydrogen (secondary N) is 1. The molecule has 2 nitrogen and oxygen atoms in total. The van der Waals surface area contributed by atoms with Crippen molar-refractivity contribution in [1.82, 2.24) is 0 Å². The average Bonchev–Trinajstić information content (AvgIpc) is 2.39. The topological polar surface area (TPSA) is 15.3 Å². The normalized spacial score (nSPS) is 23.2. The third-order valence-electron chi connectivity index (χ3n) is 4.21. The van der Waals surface area contributed by atoms with E-state index in [0.29, 0.717) is 6.04 Å². The van der Waals surface area contributed by atoms with Crippen molar-refractivity contribution in [3.05, 3.63) is 23.2 Å². The standard InChI is InChI=1S/C16H25ClN2/c1-4-12-7-5-6-8-14(12)18-15-11-13(17)9-10-16(15)19(2)3/h9-12,14,18H,4-8H2,1-3H3. The SMILES string of the molecule is CCC1CCCCC1Nc1cc(Cl)ccc1N(C)C. The zero-order chi connectivity index (χ0) is 13.8. The Kier molecular flexibility index (Phi) is 4.98. The molecule has 0 aromatic heterocycles. The Morgan fingerprint density at radius 1 is 1.26 bits per heavy atom. The first kappa shape index (κ1) is 14.5. The van der Waals surface area contributed by atoms with Crippen LogP contribution >= 0.6 is 11.6 Å². The van der Waals surface area contributed by atoms with Crippen LogP contribution in [0.1, 0.15) is 39.0 Å². The Morgan fingerprint density at radius 3 is 2.68 bits per heavy atom. The molecule has 1 saturated carbocycles. The van der Waals surface area contributed by atoms with Crippen molar-refractivity contribution < 1.29 is 0 Å². The number of benzene rings is 1. The van der Waals surface area contributed by atoms with Crippen molar-refractivity contribution in [1.29, 1.82) is 0 Å². The molecule has 0 bridgehead atoms. The van der Waals surface area contributed by atoms with Crippen LogP contribution in [0, 0.1) is 5.92 Å². The van der Waals surface area contributed by atoms with E-state index in [2.05, 4.69) is 43.4 Å². The summed E-state index contributed by atoms with van der Waals surface area (Å²) in [5.41, 5.74) is 2.38. The van der Waals surface area contributed by atoms with E-state index >= 15 is 0 Å². The summed E-state index contributed by atoms with van der Waals surface area (Å²) in [4.78, 5) is 2.14. The molecule has 0 heterocycles. The number of rotatable bonds is 4. The van der Waals surface area contributed by atoms with Gasteiger partial charge in [-0.25, -0.2) is 0 Å². The third kappa shape index (κ3) is 3.56. The van der Waals surface area contributed by atoms with Crippen molar-refractivity contribution in [2.24, 2.45) is 5.92 Å². The zero-order valence-corrected chi connectivity index (χ0v) is 13.0. The number of halogens is 1. The van der Waals surface area contributed by atoms with E-state index in [9.17, 15) is 0 Å². The van der Waals surface area contributed by atoms with Crippen molar-refractivity contribution in [2.45, 2.75) is 45.1 Å². The molecule has 1 aliphatic carbocycles. The number of anilines is 2. The molecule has 19 heavy (non-hydrogen) atoms. The molecular weight excluding hydrogens is 256 g/mol. The maximum atomic E-state index is 6.15. The van der Waals surface area contributed by atoms with Crippen LogP contribution in [0.15, 0.2) is 18.2 Å². The molecular formula is C16H25ClN2. The van der Waals surface area contributed by atoms with Crippen molar-refractivity contribution >= 4 is 23.0 Å². The van der Waals surface area contributed by atoms with Gasteiger partial charge < -0.3 is 10.2 Å². The fourth-order valence-electron chi connectivity index (χ4n) is 3.10. The highest BCUT2D eigenvalue weighted by Crippen LogP contribution is 2.33. The first-order valence-corrected chi connectivity index (χ1v) is 7.73.